The van der Waals surface area contributed by atoms with Gasteiger partial charge in [0.05, 0.1) is 42.6 Å². The number of urea groups is 1. The first kappa shape index (κ1) is 15.2. The first-order valence-corrected chi connectivity index (χ1v) is 7.96. The zero-order valence-electron chi connectivity index (χ0n) is 13.2. The third-order valence-electron chi connectivity index (χ3n) is 4.74. The maximum absolute atomic E-state index is 11.8. The molecule has 125 valence electrons. The van der Waals surface area contributed by atoms with Crippen LogP contribution in [0.25, 0.3) is 5.70 Å². The topological polar surface area (TPSA) is 85.2 Å². The summed E-state index contributed by atoms with van der Waals surface area (Å²) in [5.74, 6) is 0. The summed E-state index contributed by atoms with van der Waals surface area (Å²) >= 11 is 0. The molecule has 4 rings (SSSR count). The molecule has 10 heteroatoms. The van der Waals surface area contributed by atoms with Crippen LogP contribution in [-0.4, -0.2) is 94.7 Å². The first-order valence-electron chi connectivity index (χ1n) is 7.96. The molecule has 1 unspecified atom stereocenters. The fourth-order valence-corrected chi connectivity index (χ4v) is 3.39. The minimum absolute atomic E-state index is 0.309. The number of carbonyl (C=O) groups excluding carboxylic acids is 2. The summed E-state index contributed by atoms with van der Waals surface area (Å²) in [5.41, 5.74) is 1.90. The van der Waals surface area contributed by atoms with Crippen molar-refractivity contribution in [2.45, 2.75) is 6.04 Å². The molecule has 24 heavy (non-hydrogen) atoms. The minimum Gasteiger partial charge on any atom is -0.367 e. The molecule has 1 atom stereocenters. The number of nitrogens with zero attached hydrogens (tertiary/aromatic N) is 6. The highest BCUT2D eigenvalue weighted by molar-refractivity contribution is 6.64. The average molecular weight is 329 g/mol. The highest BCUT2D eigenvalue weighted by atomic mass is 16.5. The minimum atomic E-state index is -0.360. The van der Waals surface area contributed by atoms with Gasteiger partial charge in [-0.1, -0.05) is 0 Å². The number of aromatic nitrogens is 2. The van der Waals surface area contributed by atoms with Crippen LogP contribution in [0.15, 0.2) is 18.5 Å². The number of hydrogen-bond donors (Lipinski definition) is 1. The number of amides is 2. The Morgan fingerprint density at radius 2 is 2.04 bits per heavy atom. The van der Waals surface area contributed by atoms with Crippen molar-refractivity contribution in [3.8, 4) is 0 Å². The Morgan fingerprint density at radius 3 is 2.75 bits per heavy atom. The van der Waals surface area contributed by atoms with Gasteiger partial charge in [-0.05, 0) is 6.08 Å². The van der Waals surface area contributed by atoms with Gasteiger partial charge in [0.2, 0.25) is 0 Å². The second-order valence-electron chi connectivity index (χ2n) is 6.18. The summed E-state index contributed by atoms with van der Waals surface area (Å²) in [4.78, 5) is 28.2. The molecule has 3 aliphatic heterocycles. The lowest BCUT2D eigenvalue weighted by molar-refractivity contribution is -0.0450. The summed E-state index contributed by atoms with van der Waals surface area (Å²) in [6, 6.07) is -0.669. The molecule has 2 amide bonds. The van der Waals surface area contributed by atoms with E-state index in [2.05, 4.69) is 10.00 Å². The van der Waals surface area contributed by atoms with Crippen molar-refractivity contribution in [3.05, 3.63) is 18.5 Å². The predicted molar refractivity (Wildman–Crippen MR) is 87.2 cm³/mol. The van der Waals surface area contributed by atoms with E-state index in [4.69, 9.17) is 0 Å². The second-order valence-corrected chi connectivity index (χ2v) is 6.18. The second kappa shape index (κ2) is 5.95. The number of anilines is 1. The largest absolute Gasteiger partial charge is 0.367 e. The summed E-state index contributed by atoms with van der Waals surface area (Å²) in [7, 11) is 1.58. The Hall–Kier alpha value is -2.33. The third-order valence-corrected chi connectivity index (χ3v) is 4.74. The van der Waals surface area contributed by atoms with Crippen LogP contribution in [0.4, 0.5) is 10.5 Å². The Bertz CT molecular complexity index is 684. The SMILES string of the molecule is O=C[B]N1CCN(c2cnn(C3=CC4CN(C3)C(=O)N4O)c2)CC1. The van der Waals surface area contributed by atoms with Gasteiger partial charge in [-0.15, -0.1) is 0 Å². The van der Waals surface area contributed by atoms with E-state index in [9.17, 15) is 14.8 Å². The van der Waals surface area contributed by atoms with E-state index in [1.807, 2.05) is 23.3 Å². The molecule has 0 aliphatic carbocycles. The summed E-state index contributed by atoms with van der Waals surface area (Å²) in [5, 5.41) is 14.9. The van der Waals surface area contributed by atoms with Crippen LogP contribution in [0, 0.1) is 0 Å². The molecular weight excluding hydrogens is 311 g/mol. The molecule has 0 saturated carbocycles. The fourth-order valence-electron chi connectivity index (χ4n) is 3.39. The van der Waals surface area contributed by atoms with E-state index in [0.29, 0.717) is 13.1 Å². The number of rotatable bonds is 4. The number of hydrogen-bond acceptors (Lipinski definition) is 6. The summed E-state index contributed by atoms with van der Waals surface area (Å²) < 4.78 is 1.77. The highest BCUT2D eigenvalue weighted by Gasteiger charge is 2.39. The molecule has 4 heterocycles. The third kappa shape index (κ3) is 2.57. The Balaban J connectivity index is 1.45. The quantitative estimate of drug-likeness (QED) is 0.441. The number of hydroxylamine groups is 2. The van der Waals surface area contributed by atoms with Crippen molar-refractivity contribution in [2.24, 2.45) is 0 Å². The van der Waals surface area contributed by atoms with E-state index >= 15 is 0 Å². The molecule has 1 aromatic rings. The number of carbonyl (C=O) groups is 2. The smallest absolute Gasteiger partial charge is 0.344 e. The predicted octanol–water partition coefficient (Wildman–Crippen LogP) is -0.836. The van der Waals surface area contributed by atoms with Gasteiger partial charge in [0.1, 0.15) is 0 Å². The van der Waals surface area contributed by atoms with Gasteiger partial charge in [-0.2, -0.15) is 10.2 Å². The molecule has 2 fully saturated rings. The van der Waals surface area contributed by atoms with Crippen molar-refractivity contribution in [2.75, 3.05) is 44.2 Å². The van der Waals surface area contributed by atoms with Crippen LogP contribution in [0.1, 0.15) is 0 Å². The summed E-state index contributed by atoms with van der Waals surface area (Å²) in [6.45, 7) is 4.21. The first-order chi connectivity index (χ1) is 11.7. The maximum Gasteiger partial charge on any atom is 0.344 e. The Kier molecular flexibility index (Phi) is 3.77. The monoisotopic (exact) mass is 329 g/mol. The van der Waals surface area contributed by atoms with Gasteiger partial charge in [-0.25, -0.2) is 9.48 Å². The van der Waals surface area contributed by atoms with Crippen LogP contribution < -0.4 is 4.90 Å². The van der Waals surface area contributed by atoms with E-state index in [1.165, 1.54) is 0 Å². The van der Waals surface area contributed by atoms with Crippen LogP contribution >= 0.6 is 0 Å². The van der Waals surface area contributed by atoms with E-state index in [-0.39, 0.29) is 12.1 Å². The molecule has 0 spiro atoms. The van der Waals surface area contributed by atoms with Crippen molar-refractivity contribution >= 4 is 31.0 Å². The van der Waals surface area contributed by atoms with Crippen molar-refractivity contribution in [1.29, 1.82) is 0 Å². The zero-order chi connectivity index (χ0) is 16.7. The van der Waals surface area contributed by atoms with Crippen LogP contribution in [0.3, 0.4) is 0 Å². The van der Waals surface area contributed by atoms with E-state index in [1.54, 1.807) is 17.0 Å². The summed E-state index contributed by atoms with van der Waals surface area (Å²) in [6.07, 6.45) is 6.46. The van der Waals surface area contributed by atoms with Gasteiger partial charge >= 0.3 is 6.03 Å². The Labute approximate surface area is 139 Å². The lowest BCUT2D eigenvalue weighted by Crippen LogP contribution is -2.48. The number of fused-ring (bicyclic) bond motifs is 2. The van der Waals surface area contributed by atoms with Crippen molar-refractivity contribution in [3.63, 3.8) is 0 Å². The van der Waals surface area contributed by atoms with Gasteiger partial charge in [0, 0.05) is 32.7 Å². The maximum atomic E-state index is 11.8. The zero-order valence-corrected chi connectivity index (χ0v) is 13.2. The molecule has 3 aliphatic rings. The van der Waals surface area contributed by atoms with Crippen molar-refractivity contribution < 1.29 is 14.8 Å². The molecule has 1 N–H and O–H groups in total. The van der Waals surface area contributed by atoms with Crippen LogP contribution in [0.2, 0.25) is 0 Å². The normalized spacial score (nSPS) is 24.4. The van der Waals surface area contributed by atoms with Gasteiger partial charge in [-0.3, -0.25) is 5.21 Å². The van der Waals surface area contributed by atoms with Crippen molar-refractivity contribution in [1.82, 2.24) is 24.6 Å². The average Bonchev–Trinajstić information content (AvgIpc) is 3.17. The van der Waals surface area contributed by atoms with Gasteiger partial charge in [0.15, 0.2) is 0 Å². The standard InChI is InChI=1S/C14H18BN6O3/c22-10-15-19-3-1-17(2-4-19)13-6-16-20(9-13)11-5-12-8-18(7-11)14(23)21(12)24/h5-6,9-10,12,24H,1-4,7-8H2. The Morgan fingerprint density at radius 1 is 1.25 bits per heavy atom. The van der Waals surface area contributed by atoms with Crippen LogP contribution in [-0.2, 0) is 4.79 Å². The molecule has 0 aromatic carbocycles. The van der Waals surface area contributed by atoms with E-state index < -0.39 is 0 Å². The fraction of sp³-hybridized carbons (Fsp3) is 0.500. The lowest BCUT2D eigenvalue weighted by atomic mass is 9.93. The number of piperazine rings is 1. The molecule has 2 saturated heterocycles. The molecule has 9 nitrogen and oxygen atoms in total. The molecular formula is C14H18BN6O3. The van der Waals surface area contributed by atoms with Gasteiger partial charge in [0.25, 0.3) is 7.41 Å². The highest BCUT2D eigenvalue weighted by Crippen LogP contribution is 2.26. The molecule has 1 radical (unpaired) electrons. The van der Waals surface area contributed by atoms with E-state index in [0.717, 1.165) is 48.8 Å². The van der Waals surface area contributed by atoms with Gasteiger partial charge < -0.3 is 19.4 Å². The molecule has 1 aromatic heterocycles. The molecule has 2 bridgehead atoms. The lowest BCUT2D eigenvalue weighted by Gasteiger charge is -2.34. The van der Waals surface area contributed by atoms with Crippen LogP contribution in [0.5, 0.6) is 0 Å².